The smallest absolute Gasteiger partial charge is 0.307 e. The molecule has 0 spiro atoms. The minimum Gasteiger partial charge on any atom is -0.322 e. The molecule has 3 aromatic carbocycles. The van der Waals surface area contributed by atoms with Gasteiger partial charge >= 0.3 is 4.87 Å². The first-order valence-electron chi connectivity index (χ1n) is 9.03. The molecule has 1 aromatic heterocycles. The molecule has 0 saturated carbocycles. The SMILES string of the molecule is Cn1c(=O)sc2cc(NC(=O)c3ccc(NS(=O)(=O)c4ccccc4)cc3Cl)ccc21. The number of carbonyl (C=O) groups is 1. The highest BCUT2D eigenvalue weighted by atomic mass is 35.5. The number of anilines is 2. The van der Waals surface area contributed by atoms with Gasteiger partial charge in [0.15, 0.2) is 0 Å². The van der Waals surface area contributed by atoms with E-state index in [0.717, 1.165) is 21.6 Å². The molecule has 1 amide bonds. The number of hydrogen-bond acceptors (Lipinski definition) is 5. The second kappa shape index (κ2) is 8.18. The minimum absolute atomic E-state index is 0.0879. The lowest BCUT2D eigenvalue weighted by Crippen LogP contribution is -2.14. The van der Waals surface area contributed by atoms with Crippen LogP contribution < -0.4 is 14.9 Å². The Morgan fingerprint density at radius 1 is 1.00 bits per heavy atom. The van der Waals surface area contributed by atoms with E-state index in [0.29, 0.717) is 5.69 Å². The van der Waals surface area contributed by atoms with Crippen LogP contribution in [0.1, 0.15) is 10.4 Å². The van der Waals surface area contributed by atoms with Crippen molar-refractivity contribution in [3.8, 4) is 0 Å². The van der Waals surface area contributed by atoms with Crippen molar-refractivity contribution in [1.82, 2.24) is 4.57 Å². The highest BCUT2D eigenvalue weighted by Gasteiger charge is 2.16. The van der Waals surface area contributed by atoms with E-state index in [-0.39, 0.29) is 26.0 Å². The minimum atomic E-state index is -3.77. The van der Waals surface area contributed by atoms with Crippen molar-refractivity contribution in [2.45, 2.75) is 4.90 Å². The molecule has 158 valence electrons. The van der Waals surface area contributed by atoms with E-state index in [9.17, 15) is 18.0 Å². The summed E-state index contributed by atoms with van der Waals surface area (Å²) < 4.78 is 29.6. The van der Waals surface area contributed by atoms with E-state index in [1.165, 1.54) is 34.9 Å². The number of nitrogens with one attached hydrogen (secondary N) is 2. The van der Waals surface area contributed by atoms with Crippen LogP contribution in [0.15, 0.2) is 76.4 Å². The van der Waals surface area contributed by atoms with E-state index in [4.69, 9.17) is 11.6 Å². The maximum atomic E-state index is 12.7. The number of hydrogen-bond donors (Lipinski definition) is 2. The van der Waals surface area contributed by atoms with Crippen LogP contribution in [0.3, 0.4) is 0 Å². The Morgan fingerprint density at radius 2 is 1.71 bits per heavy atom. The van der Waals surface area contributed by atoms with Crippen molar-refractivity contribution in [3.63, 3.8) is 0 Å². The first-order valence-corrected chi connectivity index (χ1v) is 11.7. The van der Waals surface area contributed by atoms with Crippen molar-refractivity contribution in [2.75, 3.05) is 10.0 Å². The number of amides is 1. The van der Waals surface area contributed by atoms with E-state index < -0.39 is 15.9 Å². The molecular formula is C21H16ClN3O4S2. The zero-order chi connectivity index (χ0) is 22.2. The van der Waals surface area contributed by atoms with Gasteiger partial charge in [-0.25, -0.2) is 8.42 Å². The molecule has 0 fully saturated rings. The van der Waals surface area contributed by atoms with Crippen molar-refractivity contribution < 1.29 is 13.2 Å². The van der Waals surface area contributed by atoms with Crippen molar-refractivity contribution >= 4 is 60.5 Å². The van der Waals surface area contributed by atoms with Crippen LogP contribution in [0.5, 0.6) is 0 Å². The van der Waals surface area contributed by atoms with Gasteiger partial charge in [-0.15, -0.1) is 0 Å². The summed E-state index contributed by atoms with van der Waals surface area (Å²) in [6.07, 6.45) is 0. The number of sulfonamides is 1. The second-order valence-electron chi connectivity index (χ2n) is 6.68. The molecule has 2 N–H and O–H groups in total. The molecule has 10 heteroatoms. The Morgan fingerprint density at radius 3 is 2.42 bits per heavy atom. The quantitative estimate of drug-likeness (QED) is 0.451. The number of nitrogens with zero attached hydrogens (tertiary/aromatic N) is 1. The van der Waals surface area contributed by atoms with E-state index in [1.54, 1.807) is 43.4 Å². The Kier molecular flexibility index (Phi) is 5.57. The van der Waals surface area contributed by atoms with Crippen LogP contribution in [0, 0.1) is 0 Å². The molecule has 1 heterocycles. The molecule has 7 nitrogen and oxygen atoms in total. The molecule has 0 bridgehead atoms. The molecule has 0 saturated heterocycles. The lowest BCUT2D eigenvalue weighted by Gasteiger charge is -2.11. The Bertz CT molecular complexity index is 1460. The van der Waals surface area contributed by atoms with Gasteiger partial charge in [-0.1, -0.05) is 41.1 Å². The van der Waals surface area contributed by atoms with Gasteiger partial charge in [-0.3, -0.25) is 14.3 Å². The number of carbonyl (C=O) groups excluding carboxylic acids is 1. The first kappa shape index (κ1) is 21.1. The lowest BCUT2D eigenvalue weighted by atomic mass is 10.2. The van der Waals surface area contributed by atoms with Crippen LogP contribution in [-0.4, -0.2) is 18.9 Å². The van der Waals surface area contributed by atoms with Crippen LogP contribution in [0.2, 0.25) is 5.02 Å². The van der Waals surface area contributed by atoms with Gasteiger partial charge in [0.05, 0.1) is 31.4 Å². The fourth-order valence-electron chi connectivity index (χ4n) is 2.99. The van der Waals surface area contributed by atoms with Crippen molar-refractivity contribution in [3.05, 3.63) is 87.0 Å². The van der Waals surface area contributed by atoms with Gasteiger partial charge in [0.2, 0.25) is 0 Å². The Balaban J connectivity index is 1.54. The summed E-state index contributed by atoms with van der Waals surface area (Å²) in [5.74, 6) is -0.454. The summed E-state index contributed by atoms with van der Waals surface area (Å²) in [5, 5.41) is 2.84. The van der Waals surface area contributed by atoms with Gasteiger partial charge in [-0.05, 0) is 48.5 Å². The van der Waals surface area contributed by atoms with Crippen LogP contribution in [-0.2, 0) is 17.1 Å². The van der Waals surface area contributed by atoms with Crippen molar-refractivity contribution in [2.24, 2.45) is 7.05 Å². The number of aryl methyl sites for hydroxylation is 1. The average Bonchev–Trinajstić information content (AvgIpc) is 3.01. The molecule has 4 rings (SSSR count). The van der Waals surface area contributed by atoms with Gasteiger partial charge in [0.25, 0.3) is 15.9 Å². The number of aromatic nitrogens is 1. The van der Waals surface area contributed by atoms with Gasteiger partial charge in [-0.2, -0.15) is 0 Å². The summed E-state index contributed by atoms with van der Waals surface area (Å²) in [6.45, 7) is 0. The van der Waals surface area contributed by atoms with Crippen molar-refractivity contribution in [1.29, 1.82) is 0 Å². The summed E-state index contributed by atoms with van der Waals surface area (Å²) >= 11 is 7.34. The van der Waals surface area contributed by atoms with Crippen LogP contribution in [0.25, 0.3) is 10.2 Å². The molecule has 0 unspecified atom stereocenters. The molecule has 0 radical (unpaired) electrons. The van der Waals surface area contributed by atoms with Crippen LogP contribution in [0.4, 0.5) is 11.4 Å². The monoisotopic (exact) mass is 473 g/mol. The van der Waals surface area contributed by atoms with Gasteiger partial charge < -0.3 is 9.88 Å². The maximum absolute atomic E-state index is 12.7. The van der Waals surface area contributed by atoms with Gasteiger partial charge in [0, 0.05) is 12.7 Å². The highest BCUT2D eigenvalue weighted by Crippen LogP contribution is 2.26. The largest absolute Gasteiger partial charge is 0.322 e. The zero-order valence-corrected chi connectivity index (χ0v) is 18.5. The van der Waals surface area contributed by atoms with Crippen LogP contribution >= 0.6 is 22.9 Å². The summed E-state index contributed by atoms with van der Waals surface area (Å²) in [4.78, 5) is 24.5. The molecule has 0 aliphatic carbocycles. The number of benzene rings is 3. The maximum Gasteiger partial charge on any atom is 0.307 e. The fourth-order valence-corrected chi connectivity index (χ4v) is 5.24. The molecule has 4 aromatic rings. The summed E-state index contributed by atoms with van der Waals surface area (Å²) in [5.41, 5.74) is 1.72. The third-order valence-electron chi connectivity index (χ3n) is 4.57. The summed E-state index contributed by atoms with van der Waals surface area (Å²) in [7, 11) is -2.08. The predicted octanol–water partition coefficient (Wildman–Crippen LogP) is 4.31. The molecular weight excluding hydrogens is 458 g/mol. The Labute approximate surface area is 187 Å². The third-order valence-corrected chi connectivity index (χ3v) is 7.27. The standard InChI is InChI=1S/C21H16ClN3O4S2/c1-25-18-10-8-13(12-19(18)30-21(25)27)23-20(26)16-9-7-14(11-17(16)22)24-31(28,29)15-5-3-2-4-6-15/h2-12,24H,1H3,(H,23,26). The third kappa shape index (κ3) is 4.34. The van der Waals surface area contributed by atoms with E-state index in [1.807, 2.05) is 0 Å². The molecule has 0 atom stereocenters. The van der Waals surface area contributed by atoms with Gasteiger partial charge in [0.1, 0.15) is 0 Å². The second-order valence-corrected chi connectivity index (χ2v) is 9.76. The first-order chi connectivity index (χ1) is 14.7. The number of thiazole rings is 1. The topological polar surface area (TPSA) is 97.3 Å². The van der Waals surface area contributed by atoms with E-state index in [2.05, 4.69) is 10.0 Å². The molecule has 0 aliphatic heterocycles. The molecule has 31 heavy (non-hydrogen) atoms. The zero-order valence-electron chi connectivity index (χ0n) is 16.1. The average molecular weight is 474 g/mol. The Hall–Kier alpha value is -3.14. The normalized spacial score (nSPS) is 11.4. The number of rotatable bonds is 5. The number of halogens is 1. The lowest BCUT2D eigenvalue weighted by molar-refractivity contribution is 0.102. The highest BCUT2D eigenvalue weighted by molar-refractivity contribution is 7.92. The van der Waals surface area contributed by atoms with E-state index >= 15 is 0 Å². The fraction of sp³-hybridized carbons (Fsp3) is 0.0476. The summed E-state index contributed by atoms with van der Waals surface area (Å²) in [6, 6.07) is 17.4. The predicted molar refractivity (Wildman–Crippen MR) is 124 cm³/mol. The molecule has 0 aliphatic rings. The number of fused-ring (bicyclic) bond motifs is 1.